The van der Waals surface area contributed by atoms with Gasteiger partial charge in [-0.2, -0.15) is 0 Å². The predicted octanol–water partition coefficient (Wildman–Crippen LogP) is 3.89. The summed E-state index contributed by atoms with van der Waals surface area (Å²) in [6.45, 7) is 4.18. The topological polar surface area (TPSA) is 64.1 Å². The third-order valence-electron chi connectivity index (χ3n) is 2.98. The Morgan fingerprint density at radius 1 is 1.38 bits per heavy atom. The summed E-state index contributed by atoms with van der Waals surface area (Å²) in [6.07, 6.45) is 1.80. The lowest BCUT2D eigenvalue weighted by Crippen LogP contribution is -2.21. The molecule has 0 fully saturated rings. The zero-order valence-corrected chi connectivity index (χ0v) is 15.2. The van der Waals surface area contributed by atoms with E-state index in [1.807, 2.05) is 30.3 Å². The summed E-state index contributed by atoms with van der Waals surface area (Å²) in [6, 6.07) is 9.78. The van der Waals surface area contributed by atoms with Crippen LogP contribution in [0.5, 0.6) is 0 Å². The number of nitrogens with one attached hydrogen (secondary N) is 1. The van der Waals surface area contributed by atoms with Crippen molar-refractivity contribution in [2.24, 2.45) is 0 Å². The van der Waals surface area contributed by atoms with E-state index in [0.29, 0.717) is 17.5 Å². The van der Waals surface area contributed by atoms with Crippen molar-refractivity contribution in [1.82, 2.24) is 10.2 Å². The number of anilines is 1. The smallest absolute Gasteiger partial charge is 0.293 e. The fourth-order valence-electron chi connectivity index (χ4n) is 1.99. The third-order valence-corrected chi connectivity index (χ3v) is 6.02. The molecule has 124 valence electrons. The summed E-state index contributed by atoms with van der Waals surface area (Å²) in [4.78, 5) is 13.4. The van der Waals surface area contributed by atoms with Gasteiger partial charge in [0.15, 0.2) is 10.1 Å². The molecule has 3 rings (SSSR count). The van der Waals surface area contributed by atoms with Gasteiger partial charge in [-0.1, -0.05) is 59.5 Å². The molecule has 0 saturated carbocycles. The summed E-state index contributed by atoms with van der Waals surface area (Å²) in [7, 11) is 0. The Labute approximate surface area is 152 Å². The molecule has 2 heterocycles. The Morgan fingerprint density at radius 2 is 2.21 bits per heavy atom. The SMILES string of the molecule is C=CCSc1nnc(NC(=O)C2=C(c3ccccc3)SCCO2)s1. The van der Waals surface area contributed by atoms with Crippen LogP contribution in [0.2, 0.25) is 0 Å². The minimum atomic E-state index is -0.294. The fraction of sp³-hybridized carbons (Fsp3) is 0.188. The second-order valence-electron chi connectivity index (χ2n) is 4.65. The highest BCUT2D eigenvalue weighted by Crippen LogP contribution is 2.35. The van der Waals surface area contributed by atoms with E-state index in [0.717, 1.165) is 26.3 Å². The van der Waals surface area contributed by atoms with E-state index in [1.165, 1.54) is 23.1 Å². The first-order valence-corrected chi connectivity index (χ1v) is 10.0. The number of rotatable bonds is 6. The number of carbonyl (C=O) groups is 1. The summed E-state index contributed by atoms with van der Waals surface area (Å²) in [5.74, 6) is 1.62. The van der Waals surface area contributed by atoms with Crippen LogP contribution in [-0.4, -0.2) is 34.2 Å². The van der Waals surface area contributed by atoms with Crippen molar-refractivity contribution in [3.8, 4) is 0 Å². The van der Waals surface area contributed by atoms with Crippen molar-refractivity contribution in [3.05, 3.63) is 54.3 Å². The molecule has 1 aromatic heterocycles. The van der Waals surface area contributed by atoms with Gasteiger partial charge in [0.05, 0.1) is 11.5 Å². The van der Waals surface area contributed by atoms with E-state index < -0.39 is 0 Å². The number of carbonyl (C=O) groups excluding carboxylic acids is 1. The predicted molar refractivity (Wildman–Crippen MR) is 101 cm³/mol. The fourth-order valence-corrected chi connectivity index (χ4v) is 4.46. The Kier molecular flexibility index (Phi) is 5.95. The molecule has 2 aromatic rings. The van der Waals surface area contributed by atoms with Crippen molar-refractivity contribution in [2.45, 2.75) is 4.34 Å². The molecule has 1 aliphatic heterocycles. The van der Waals surface area contributed by atoms with Crippen LogP contribution >= 0.6 is 34.9 Å². The summed E-state index contributed by atoms with van der Waals surface area (Å²) in [5, 5.41) is 11.3. The highest BCUT2D eigenvalue weighted by molar-refractivity contribution is 8.08. The standard InChI is InChI=1S/C16H15N3O2S3/c1-2-9-23-16-19-18-15(24-16)17-14(20)12-13(22-10-8-21-12)11-6-4-3-5-7-11/h2-7H,1,8-10H2,(H,17,18,20). The van der Waals surface area contributed by atoms with Gasteiger partial charge in [-0.15, -0.1) is 28.5 Å². The van der Waals surface area contributed by atoms with Gasteiger partial charge in [0, 0.05) is 11.5 Å². The van der Waals surface area contributed by atoms with Crippen LogP contribution in [0, 0.1) is 0 Å². The van der Waals surface area contributed by atoms with Gasteiger partial charge in [0.1, 0.15) is 0 Å². The molecule has 0 radical (unpaired) electrons. The van der Waals surface area contributed by atoms with E-state index in [4.69, 9.17) is 4.74 Å². The van der Waals surface area contributed by atoms with Crippen LogP contribution in [0.1, 0.15) is 5.56 Å². The molecule has 0 saturated heterocycles. The molecule has 1 N–H and O–H groups in total. The van der Waals surface area contributed by atoms with Gasteiger partial charge in [-0.3, -0.25) is 10.1 Å². The second kappa shape index (κ2) is 8.36. The lowest BCUT2D eigenvalue weighted by molar-refractivity contribution is -0.115. The molecule has 5 nitrogen and oxygen atoms in total. The lowest BCUT2D eigenvalue weighted by Gasteiger charge is -2.20. The van der Waals surface area contributed by atoms with Crippen molar-refractivity contribution in [1.29, 1.82) is 0 Å². The molecule has 0 aliphatic carbocycles. The average molecular weight is 378 g/mol. The Balaban J connectivity index is 1.78. The number of thioether (sulfide) groups is 2. The summed E-state index contributed by atoms with van der Waals surface area (Å²) < 4.78 is 6.43. The zero-order chi connectivity index (χ0) is 16.8. The lowest BCUT2D eigenvalue weighted by atomic mass is 10.2. The Hall–Kier alpha value is -1.77. The van der Waals surface area contributed by atoms with E-state index in [-0.39, 0.29) is 5.91 Å². The molecule has 0 spiro atoms. The molecule has 0 unspecified atom stereocenters. The van der Waals surface area contributed by atoms with E-state index in [1.54, 1.807) is 17.8 Å². The van der Waals surface area contributed by atoms with Crippen LogP contribution in [0.4, 0.5) is 5.13 Å². The van der Waals surface area contributed by atoms with Crippen molar-refractivity contribution >= 4 is 50.8 Å². The highest BCUT2D eigenvalue weighted by atomic mass is 32.2. The van der Waals surface area contributed by atoms with E-state index >= 15 is 0 Å². The molecule has 1 aliphatic rings. The van der Waals surface area contributed by atoms with Crippen LogP contribution in [0.3, 0.4) is 0 Å². The molecule has 24 heavy (non-hydrogen) atoms. The highest BCUT2D eigenvalue weighted by Gasteiger charge is 2.24. The molecule has 1 aromatic carbocycles. The average Bonchev–Trinajstić information content (AvgIpc) is 3.08. The monoisotopic (exact) mass is 377 g/mol. The quantitative estimate of drug-likeness (QED) is 0.468. The van der Waals surface area contributed by atoms with Gasteiger partial charge >= 0.3 is 0 Å². The van der Waals surface area contributed by atoms with Crippen LogP contribution in [0.25, 0.3) is 4.91 Å². The first-order valence-electron chi connectivity index (χ1n) is 7.22. The first-order chi connectivity index (χ1) is 11.8. The second-order valence-corrected chi connectivity index (χ2v) is 8.00. The van der Waals surface area contributed by atoms with Crippen molar-refractivity contribution < 1.29 is 9.53 Å². The molecule has 0 atom stereocenters. The Bertz CT molecular complexity index is 759. The van der Waals surface area contributed by atoms with Gasteiger partial charge in [0.25, 0.3) is 5.91 Å². The van der Waals surface area contributed by atoms with E-state index in [2.05, 4.69) is 22.1 Å². The summed E-state index contributed by atoms with van der Waals surface area (Å²) >= 11 is 4.49. The maximum absolute atomic E-state index is 12.6. The largest absolute Gasteiger partial charge is 0.486 e. The van der Waals surface area contributed by atoms with Gasteiger partial charge < -0.3 is 4.74 Å². The number of ether oxygens (including phenoxy) is 1. The molecular formula is C16H15N3O2S3. The minimum Gasteiger partial charge on any atom is -0.486 e. The molecular weight excluding hydrogens is 362 g/mol. The third kappa shape index (κ3) is 4.19. The van der Waals surface area contributed by atoms with Crippen LogP contribution < -0.4 is 5.32 Å². The van der Waals surface area contributed by atoms with E-state index in [9.17, 15) is 4.79 Å². The zero-order valence-electron chi connectivity index (χ0n) is 12.7. The van der Waals surface area contributed by atoms with Crippen LogP contribution in [-0.2, 0) is 9.53 Å². The van der Waals surface area contributed by atoms with Gasteiger partial charge in [-0.05, 0) is 5.56 Å². The van der Waals surface area contributed by atoms with Crippen molar-refractivity contribution in [2.75, 3.05) is 23.4 Å². The number of amides is 1. The van der Waals surface area contributed by atoms with Crippen LogP contribution in [0.15, 0.2) is 53.1 Å². The van der Waals surface area contributed by atoms with Crippen molar-refractivity contribution in [3.63, 3.8) is 0 Å². The number of hydrogen-bond acceptors (Lipinski definition) is 7. The molecule has 1 amide bonds. The number of aromatic nitrogens is 2. The number of hydrogen-bond donors (Lipinski definition) is 1. The van der Waals surface area contributed by atoms with Gasteiger partial charge in [0.2, 0.25) is 5.13 Å². The number of nitrogens with zero attached hydrogens (tertiary/aromatic N) is 2. The molecule has 0 bridgehead atoms. The Morgan fingerprint density at radius 3 is 3.00 bits per heavy atom. The first kappa shape index (κ1) is 17.1. The summed E-state index contributed by atoms with van der Waals surface area (Å²) in [5.41, 5.74) is 0.979. The van der Waals surface area contributed by atoms with Gasteiger partial charge in [-0.25, -0.2) is 0 Å². The normalized spacial score (nSPS) is 14.2. The minimum absolute atomic E-state index is 0.294. The maximum atomic E-state index is 12.6. The number of benzene rings is 1. The molecule has 8 heteroatoms. The maximum Gasteiger partial charge on any atom is 0.293 e.